The molecule has 1 unspecified atom stereocenters. The second kappa shape index (κ2) is 5.69. The highest BCUT2D eigenvalue weighted by molar-refractivity contribution is 5.78. The van der Waals surface area contributed by atoms with Crippen LogP contribution in [-0.2, 0) is 0 Å². The number of hydrogen-bond donors (Lipinski definition) is 3. The molecule has 0 aliphatic carbocycles. The maximum absolute atomic E-state index is 13.4. The van der Waals surface area contributed by atoms with E-state index < -0.39 is 12.3 Å². The minimum atomic E-state index is -1.39. The van der Waals surface area contributed by atoms with Crippen LogP contribution in [0.2, 0.25) is 0 Å². The molecule has 6 heteroatoms. The maximum Gasteiger partial charge on any atom is 0.404 e. The molecule has 1 rings (SSSR count). The lowest BCUT2D eigenvalue weighted by Crippen LogP contribution is -2.24. The number of amides is 1. The first-order valence-electron chi connectivity index (χ1n) is 4.51. The number of oxime groups is 1. The van der Waals surface area contributed by atoms with Crippen molar-refractivity contribution in [1.29, 1.82) is 0 Å². The van der Waals surface area contributed by atoms with Gasteiger partial charge in [0.2, 0.25) is 0 Å². The van der Waals surface area contributed by atoms with Gasteiger partial charge in [-0.25, -0.2) is 9.18 Å². The van der Waals surface area contributed by atoms with Crippen molar-refractivity contribution in [1.82, 2.24) is 5.32 Å². The summed E-state index contributed by atoms with van der Waals surface area (Å²) in [7, 11) is 0. The van der Waals surface area contributed by atoms with E-state index in [2.05, 4.69) is 5.16 Å². The van der Waals surface area contributed by atoms with Crippen molar-refractivity contribution in [2.75, 3.05) is 6.54 Å². The van der Waals surface area contributed by atoms with Crippen molar-refractivity contribution in [3.63, 3.8) is 0 Å². The SMILES string of the molecule is O=C(O)NCC(F)c1ccc(C=NO)cc1. The molecule has 3 N–H and O–H groups in total. The Bertz CT molecular complexity index is 378. The van der Waals surface area contributed by atoms with Gasteiger partial charge < -0.3 is 15.6 Å². The largest absolute Gasteiger partial charge is 0.465 e. The van der Waals surface area contributed by atoms with Crippen molar-refractivity contribution in [2.45, 2.75) is 6.17 Å². The van der Waals surface area contributed by atoms with Gasteiger partial charge in [-0.2, -0.15) is 0 Å². The van der Waals surface area contributed by atoms with Gasteiger partial charge in [0.1, 0.15) is 6.17 Å². The molecule has 0 bridgehead atoms. The van der Waals surface area contributed by atoms with Gasteiger partial charge in [0.05, 0.1) is 12.8 Å². The lowest BCUT2D eigenvalue weighted by Gasteiger charge is -2.08. The number of rotatable bonds is 4. The minimum Gasteiger partial charge on any atom is -0.465 e. The Morgan fingerprint density at radius 3 is 2.62 bits per heavy atom. The molecule has 1 amide bonds. The summed E-state index contributed by atoms with van der Waals surface area (Å²) < 4.78 is 13.4. The Balaban J connectivity index is 2.62. The summed E-state index contributed by atoms with van der Waals surface area (Å²) in [6.45, 7) is -0.289. The van der Waals surface area contributed by atoms with Crippen LogP contribution in [0.15, 0.2) is 29.4 Å². The lowest BCUT2D eigenvalue weighted by atomic mass is 10.1. The van der Waals surface area contributed by atoms with Crippen molar-refractivity contribution in [3.8, 4) is 0 Å². The van der Waals surface area contributed by atoms with Gasteiger partial charge in [-0.3, -0.25) is 0 Å². The first kappa shape index (κ1) is 12.0. The molecular formula is C10H11FN2O3. The maximum atomic E-state index is 13.4. The fourth-order valence-corrected chi connectivity index (χ4v) is 1.15. The Kier molecular flexibility index (Phi) is 4.26. The van der Waals surface area contributed by atoms with Gasteiger partial charge in [-0.05, 0) is 11.1 Å². The van der Waals surface area contributed by atoms with Crippen molar-refractivity contribution < 1.29 is 19.5 Å². The zero-order valence-electron chi connectivity index (χ0n) is 8.30. The van der Waals surface area contributed by atoms with Crippen molar-refractivity contribution >= 4 is 12.3 Å². The van der Waals surface area contributed by atoms with E-state index in [-0.39, 0.29) is 6.54 Å². The fraction of sp³-hybridized carbons (Fsp3) is 0.200. The van der Waals surface area contributed by atoms with E-state index in [0.717, 1.165) is 0 Å². The topological polar surface area (TPSA) is 81.9 Å². The van der Waals surface area contributed by atoms with Gasteiger partial charge in [-0.1, -0.05) is 29.4 Å². The average Bonchev–Trinajstić information content (AvgIpc) is 2.27. The molecule has 16 heavy (non-hydrogen) atoms. The van der Waals surface area contributed by atoms with Gasteiger partial charge in [0.15, 0.2) is 0 Å². The molecule has 0 aliphatic heterocycles. The highest BCUT2D eigenvalue weighted by Crippen LogP contribution is 2.16. The van der Waals surface area contributed by atoms with Gasteiger partial charge in [-0.15, -0.1) is 0 Å². The molecule has 1 atom stereocenters. The Morgan fingerprint density at radius 2 is 2.12 bits per heavy atom. The molecule has 0 radical (unpaired) electrons. The number of halogens is 1. The molecule has 0 heterocycles. The Hall–Kier alpha value is -2.11. The predicted octanol–water partition coefficient (Wildman–Crippen LogP) is 1.77. The standard InChI is InChI=1S/C10H11FN2O3/c11-9(6-12-10(14)15)8-3-1-7(2-4-8)5-13-16/h1-5,9,12,16H,6H2,(H,14,15). The molecule has 0 aromatic heterocycles. The monoisotopic (exact) mass is 226 g/mol. The first-order valence-corrected chi connectivity index (χ1v) is 4.51. The fourth-order valence-electron chi connectivity index (χ4n) is 1.15. The zero-order chi connectivity index (χ0) is 12.0. The van der Waals surface area contributed by atoms with Crippen LogP contribution in [0.1, 0.15) is 17.3 Å². The lowest BCUT2D eigenvalue weighted by molar-refractivity contribution is 0.189. The third kappa shape index (κ3) is 3.56. The predicted molar refractivity (Wildman–Crippen MR) is 55.7 cm³/mol. The van der Waals surface area contributed by atoms with Crippen molar-refractivity contribution in [2.24, 2.45) is 5.16 Å². The molecule has 0 fully saturated rings. The highest BCUT2D eigenvalue weighted by Gasteiger charge is 2.10. The van der Waals surface area contributed by atoms with E-state index >= 15 is 0 Å². The molecule has 0 spiro atoms. The van der Waals surface area contributed by atoms with Crippen LogP contribution in [-0.4, -0.2) is 29.2 Å². The molecule has 5 nitrogen and oxygen atoms in total. The Morgan fingerprint density at radius 1 is 1.50 bits per heavy atom. The smallest absolute Gasteiger partial charge is 0.404 e. The van der Waals surface area contributed by atoms with Crippen LogP contribution >= 0.6 is 0 Å². The van der Waals surface area contributed by atoms with Crippen LogP contribution in [0.4, 0.5) is 9.18 Å². The molecule has 0 saturated carbocycles. The summed E-state index contributed by atoms with van der Waals surface area (Å²) in [5.41, 5.74) is 0.994. The average molecular weight is 226 g/mol. The van der Waals surface area contributed by atoms with Crippen LogP contribution in [0.5, 0.6) is 0 Å². The van der Waals surface area contributed by atoms with Crippen LogP contribution in [0, 0.1) is 0 Å². The van der Waals surface area contributed by atoms with Gasteiger partial charge in [0, 0.05) is 0 Å². The molecule has 0 aliphatic rings. The molecule has 1 aromatic carbocycles. The number of hydrogen-bond acceptors (Lipinski definition) is 3. The highest BCUT2D eigenvalue weighted by atomic mass is 19.1. The van der Waals surface area contributed by atoms with E-state index in [0.29, 0.717) is 11.1 Å². The van der Waals surface area contributed by atoms with E-state index in [9.17, 15) is 9.18 Å². The summed E-state index contributed by atoms with van der Waals surface area (Å²) in [5.74, 6) is 0. The van der Waals surface area contributed by atoms with E-state index in [1.165, 1.54) is 18.3 Å². The number of nitrogens with zero attached hydrogens (tertiary/aromatic N) is 1. The van der Waals surface area contributed by atoms with E-state index in [4.69, 9.17) is 10.3 Å². The van der Waals surface area contributed by atoms with E-state index in [1.807, 2.05) is 5.32 Å². The molecular weight excluding hydrogens is 215 g/mol. The zero-order valence-corrected chi connectivity index (χ0v) is 8.30. The summed E-state index contributed by atoms with van der Waals surface area (Å²) >= 11 is 0. The normalized spacial score (nSPS) is 12.6. The third-order valence-electron chi connectivity index (χ3n) is 1.94. The summed E-state index contributed by atoms with van der Waals surface area (Å²) in [6, 6.07) is 6.15. The Labute approximate surface area is 91.2 Å². The second-order valence-corrected chi connectivity index (χ2v) is 3.06. The first-order chi connectivity index (χ1) is 7.63. The number of carbonyl (C=O) groups is 1. The van der Waals surface area contributed by atoms with E-state index in [1.54, 1.807) is 12.1 Å². The second-order valence-electron chi connectivity index (χ2n) is 3.06. The number of carboxylic acid groups (broad SMARTS) is 1. The quantitative estimate of drug-likeness (QED) is 0.415. The third-order valence-corrected chi connectivity index (χ3v) is 1.94. The van der Waals surface area contributed by atoms with Crippen LogP contribution in [0.25, 0.3) is 0 Å². The minimum absolute atomic E-state index is 0.289. The van der Waals surface area contributed by atoms with Crippen molar-refractivity contribution in [3.05, 3.63) is 35.4 Å². The summed E-state index contributed by atoms with van der Waals surface area (Å²) in [6.07, 6.45) is -1.44. The number of nitrogens with one attached hydrogen (secondary N) is 1. The van der Waals surface area contributed by atoms with Gasteiger partial charge in [0.25, 0.3) is 0 Å². The molecule has 86 valence electrons. The molecule has 0 saturated heterocycles. The number of alkyl halides is 1. The number of benzene rings is 1. The van der Waals surface area contributed by atoms with Gasteiger partial charge >= 0.3 is 6.09 Å². The summed E-state index contributed by atoms with van der Waals surface area (Å²) in [4.78, 5) is 10.2. The van der Waals surface area contributed by atoms with Crippen LogP contribution in [0.3, 0.4) is 0 Å². The van der Waals surface area contributed by atoms with Crippen LogP contribution < -0.4 is 5.32 Å². The summed E-state index contributed by atoms with van der Waals surface area (Å²) in [5, 5.41) is 21.4. The molecule has 1 aromatic rings.